The van der Waals surface area contributed by atoms with Crippen molar-refractivity contribution < 1.29 is 0 Å². The van der Waals surface area contributed by atoms with E-state index in [1.165, 1.54) is 150 Å². The molecule has 0 saturated carbocycles. The first-order chi connectivity index (χ1) is 39.3. The number of rotatable bonds is 8. The summed E-state index contributed by atoms with van der Waals surface area (Å²) in [7, 11) is 0. The third-order valence-corrected chi connectivity index (χ3v) is 19.4. The van der Waals surface area contributed by atoms with Crippen molar-refractivity contribution in [2.45, 2.75) is 27.7 Å². The molecule has 378 valence electrons. The summed E-state index contributed by atoms with van der Waals surface area (Å²) in [5.41, 5.74) is 16.8. The monoisotopic (exact) mass is 1060 g/mol. The topological polar surface area (TPSA) is 6.48 Å². The Bertz CT molecular complexity index is 4850. The molecule has 0 atom stereocenters. The van der Waals surface area contributed by atoms with Crippen molar-refractivity contribution in [3.8, 4) is 22.3 Å². The highest BCUT2D eigenvalue weighted by Crippen LogP contribution is 2.51. The van der Waals surface area contributed by atoms with Crippen LogP contribution in [0, 0.1) is 27.7 Å². The first kappa shape index (κ1) is 46.7. The number of hydrogen-bond acceptors (Lipinski definition) is 4. The maximum Gasteiger partial charge on any atom is 0.0540 e. The molecule has 16 rings (SSSR count). The van der Waals surface area contributed by atoms with Crippen LogP contribution in [0.15, 0.2) is 243 Å². The van der Waals surface area contributed by atoms with Crippen molar-refractivity contribution in [1.29, 1.82) is 0 Å². The van der Waals surface area contributed by atoms with Crippen LogP contribution in [0.5, 0.6) is 0 Å². The first-order valence-corrected chi connectivity index (χ1v) is 29.3. The molecule has 0 amide bonds. The van der Waals surface area contributed by atoms with Crippen LogP contribution in [0.25, 0.3) is 116 Å². The Morgan fingerprint density at radius 3 is 1.07 bits per heavy atom. The lowest BCUT2D eigenvalue weighted by molar-refractivity contribution is 1.23. The van der Waals surface area contributed by atoms with Gasteiger partial charge >= 0.3 is 0 Å². The smallest absolute Gasteiger partial charge is 0.0540 e. The quantitative estimate of drug-likeness (QED) is 0.140. The standard InChI is InChI=1S/C76H52N2S2/c1-45-15-9-16-46(2)73(45)77(57-25-11-23-55(39-57)59-27-13-29-61-65-41-51-19-5-7-21-53(51)43-69(65)79-75(59)61)67-37-33-49-32-36-64-68(38-34-50-31-35-63(67)71(49)72(50)64)78(74-47(3)17-10-18-48(74)4)58-26-12-24-56(40-58)60-28-14-30-62-66-42-52-20-6-8-22-54(52)44-70(66)80-76(60)62/h5-44H,1-4H3. The highest BCUT2D eigenvalue weighted by atomic mass is 32.1. The predicted molar refractivity (Wildman–Crippen MR) is 350 cm³/mol. The van der Waals surface area contributed by atoms with E-state index in [4.69, 9.17) is 0 Å². The number of nitrogens with zero attached hydrogens (tertiary/aromatic N) is 2. The van der Waals surface area contributed by atoms with Crippen LogP contribution < -0.4 is 9.80 Å². The SMILES string of the molecule is Cc1cccc(C)c1N(c1cccc(-c2cccc3c2sc2cc4ccccc4cc23)c1)c1ccc2ccc3c(N(c4cccc(-c5cccc6c5sc5cc7ccccc7cc56)c4)c4c(C)cccc4C)ccc4ccc1c2c43. The Hall–Kier alpha value is -9.32. The molecule has 2 aromatic heterocycles. The number of anilines is 6. The number of para-hydroxylation sites is 2. The van der Waals surface area contributed by atoms with Gasteiger partial charge in [-0.15, -0.1) is 22.7 Å². The largest absolute Gasteiger partial charge is 0.309 e. The summed E-state index contributed by atoms with van der Waals surface area (Å²) >= 11 is 3.80. The van der Waals surface area contributed by atoms with Gasteiger partial charge < -0.3 is 9.80 Å². The molecule has 0 bridgehead atoms. The molecular formula is C76H52N2S2. The average molecular weight is 1060 g/mol. The fourth-order valence-electron chi connectivity index (χ4n) is 13.3. The summed E-state index contributed by atoms with van der Waals surface area (Å²) in [5, 5.41) is 17.8. The molecule has 0 spiro atoms. The van der Waals surface area contributed by atoms with Crippen LogP contribution in [0.3, 0.4) is 0 Å². The molecular weight excluding hydrogens is 1000 g/mol. The van der Waals surface area contributed by atoms with E-state index < -0.39 is 0 Å². The minimum atomic E-state index is 1.13. The maximum atomic E-state index is 2.53. The molecule has 80 heavy (non-hydrogen) atoms. The van der Waals surface area contributed by atoms with Crippen LogP contribution in [0.4, 0.5) is 34.1 Å². The zero-order valence-corrected chi connectivity index (χ0v) is 46.4. The Morgan fingerprint density at radius 2 is 0.650 bits per heavy atom. The molecule has 2 nitrogen and oxygen atoms in total. The average Bonchev–Trinajstić information content (AvgIpc) is 4.11. The van der Waals surface area contributed by atoms with Crippen LogP contribution in [0.2, 0.25) is 0 Å². The summed E-state index contributed by atoms with van der Waals surface area (Å²) in [6.07, 6.45) is 0. The van der Waals surface area contributed by atoms with Crippen molar-refractivity contribution in [2.75, 3.05) is 9.80 Å². The second kappa shape index (κ2) is 18.1. The van der Waals surface area contributed by atoms with E-state index >= 15 is 0 Å². The number of benzene rings is 14. The van der Waals surface area contributed by atoms with Crippen molar-refractivity contribution in [3.63, 3.8) is 0 Å². The third kappa shape index (κ3) is 7.22. The summed E-state index contributed by atoms with van der Waals surface area (Å²) in [5.74, 6) is 0. The van der Waals surface area contributed by atoms with E-state index in [0.29, 0.717) is 0 Å². The van der Waals surface area contributed by atoms with Crippen LogP contribution >= 0.6 is 22.7 Å². The lowest BCUT2D eigenvalue weighted by Gasteiger charge is -2.32. The van der Waals surface area contributed by atoms with Crippen molar-refractivity contribution in [1.82, 2.24) is 0 Å². The van der Waals surface area contributed by atoms with Gasteiger partial charge in [-0.1, -0.05) is 182 Å². The molecule has 0 aliphatic heterocycles. The Morgan fingerprint density at radius 1 is 0.275 bits per heavy atom. The van der Waals surface area contributed by atoms with Gasteiger partial charge in [-0.25, -0.2) is 0 Å². The lowest BCUT2D eigenvalue weighted by atomic mass is 9.91. The normalized spacial score (nSPS) is 12.0. The van der Waals surface area contributed by atoms with Crippen molar-refractivity contribution >= 4 is 151 Å². The first-order valence-electron chi connectivity index (χ1n) is 27.6. The molecule has 0 radical (unpaired) electrons. The molecule has 2 heterocycles. The van der Waals surface area contributed by atoms with Crippen LogP contribution in [-0.4, -0.2) is 0 Å². The minimum absolute atomic E-state index is 1.13. The van der Waals surface area contributed by atoms with Gasteiger partial charge in [0.25, 0.3) is 0 Å². The molecule has 4 heteroatoms. The molecule has 16 aromatic rings. The van der Waals surface area contributed by atoms with E-state index in [0.717, 1.165) is 22.7 Å². The zero-order valence-electron chi connectivity index (χ0n) is 44.8. The number of fused-ring (bicyclic) bond motifs is 8. The molecule has 0 saturated heterocycles. The summed E-state index contributed by atoms with van der Waals surface area (Å²) in [6, 6.07) is 91.3. The van der Waals surface area contributed by atoms with Gasteiger partial charge in [0.15, 0.2) is 0 Å². The van der Waals surface area contributed by atoms with Gasteiger partial charge in [0.1, 0.15) is 0 Å². The number of hydrogen-bond donors (Lipinski definition) is 0. The Labute approximate surface area is 472 Å². The van der Waals surface area contributed by atoms with Crippen molar-refractivity contribution in [3.05, 3.63) is 265 Å². The molecule has 0 N–H and O–H groups in total. The van der Waals surface area contributed by atoms with Gasteiger partial charge in [-0.3, -0.25) is 0 Å². The van der Waals surface area contributed by atoms with Gasteiger partial charge in [0.05, 0.1) is 22.7 Å². The van der Waals surface area contributed by atoms with E-state index in [9.17, 15) is 0 Å². The Balaban J connectivity index is 0.879. The zero-order chi connectivity index (χ0) is 53.3. The summed E-state index contributed by atoms with van der Waals surface area (Å²) < 4.78 is 5.26. The van der Waals surface area contributed by atoms with Crippen LogP contribution in [0.1, 0.15) is 22.3 Å². The van der Waals surface area contributed by atoms with Gasteiger partial charge in [-0.05, 0) is 176 Å². The minimum Gasteiger partial charge on any atom is -0.309 e. The fraction of sp³-hybridized carbons (Fsp3) is 0.0526. The maximum absolute atomic E-state index is 2.53. The highest BCUT2D eigenvalue weighted by molar-refractivity contribution is 7.26. The van der Waals surface area contributed by atoms with Gasteiger partial charge in [-0.2, -0.15) is 0 Å². The molecule has 0 unspecified atom stereocenters. The second-order valence-corrected chi connectivity index (χ2v) is 23.9. The molecule has 0 aliphatic carbocycles. The predicted octanol–water partition coefficient (Wildman–Crippen LogP) is 23.1. The number of thiophene rings is 2. The second-order valence-electron chi connectivity index (χ2n) is 21.8. The molecule has 0 fully saturated rings. The van der Waals surface area contributed by atoms with Gasteiger partial charge in [0.2, 0.25) is 0 Å². The van der Waals surface area contributed by atoms with Crippen LogP contribution in [-0.2, 0) is 0 Å². The van der Waals surface area contributed by atoms with E-state index in [-0.39, 0.29) is 0 Å². The highest BCUT2D eigenvalue weighted by Gasteiger charge is 2.26. The van der Waals surface area contributed by atoms with E-state index in [1.54, 1.807) is 0 Å². The number of aryl methyl sites for hydroxylation is 4. The fourth-order valence-corrected chi connectivity index (χ4v) is 15.8. The van der Waals surface area contributed by atoms with Gasteiger partial charge in [0, 0.05) is 62.5 Å². The van der Waals surface area contributed by atoms with E-state index in [1.807, 2.05) is 22.7 Å². The molecule has 0 aliphatic rings. The summed E-state index contributed by atoms with van der Waals surface area (Å²) in [6.45, 7) is 9.02. The lowest BCUT2D eigenvalue weighted by Crippen LogP contribution is -2.14. The van der Waals surface area contributed by atoms with E-state index in [2.05, 4.69) is 280 Å². The molecule has 14 aromatic carbocycles. The summed E-state index contributed by atoms with van der Waals surface area (Å²) in [4.78, 5) is 5.07. The third-order valence-electron chi connectivity index (χ3n) is 17.0. The Kier molecular flexibility index (Phi) is 10.6. The van der Waals surface area contributed by atoms with Crippen molar-refractivity contribution in [2.24, 2.45) is 0 Å².